The molecule has 2 aliphatic heterocycles. The number of imide groups is 1. The van der Waals surface area contributed by atoms with E-state index in [4.69, 9.17) is 9.47 Å². The Labute approximate surface area is 157 Å². The van der Waals surface area contributed by atoms with Crippen molar-refractivity contribution in [3.8, 4) is 11.5 Å². The lowest BCUT2D eigenvalue weighted by molar-refractivity contribution is -0.125. The number of nitrogens with one attached hydrogen (secondary N) is 2. The molecule has 8 nitrogen and oxygen atoms in total. The van der Waals surface area contributed by atoms with Gasteiger partial charge in [-0.3, -0.25) is 14.9 Å². The summed E-state index contributed by atoms with van der Waals surface area (Å²) in [5.41, 5.74) is 0.330. The monoisotopic (exact) mass is 373 g/mol. The van der Waals surface area contributed by atoms with E-state index in [0.29, 0.717) is 43.0 Å². The summed E-state index contributed by atoms with van der Waals surface area (Å²) in [7, 11) is 3.08. The molecule has 2 aliphatic rings. The number of likely N-dealkylation sites (tertiary alicyclic amines) is 1. The number of ether oxygens (including phenoxy) is 2. The van der Waals surface area contributed by atoms with Crippen LogP contribution in [-0.4, -0.2) is 55.6 Å². The van der Waals surface area contributed by atoms with Crippen molar-refractivity contribution in [2.24, 2.45) is 0 Å². The van der Waals surface area contributed by atoms with Crippen LogP contribution >= 0.6 is 0 Å². The molecule has 0 atom stereocenters. The molecule has 8 heteroatoms. The van der Waals surface area contributed by atoms with E-state index in [-0.39, 0.29) is 11.8 Å². The van der Waals surface area contributed by atoms with Crippen LogP contribution in [-0.2, 0) is 4.79 Å². The molecule has 1 aromatic carbocycles. The number of piperidine rings is 1. The van der Waals surface area contributed by atoms with Crippen LogP contribution in [0.25, 0.3) is 6.08 Å². The topological polar surface area (TPSA) is 97.0 Å². The molecular formula is C19H23N3O5. The molecule has 27 heavy (non-hydrogen) atoms. The predicted molar refractivity (Wildman–Crippen MR) is 98.8 cm³/mol. The van der Waals surface area contributed by atoms with Gasteiger partial charge in [0.2, 0.25) is 0 Å². The van der Waals surface area contributed by atoms with Crippen molar-refractivity contribution in [2.45, 2.75) is 25.3 Å². The molecule has 144 valence electrons. The van der Waals surface area contributed by atoms with E-state index >= 15 is 0 Å². The summed E-state index contributed by atoms with van der Waals surface area (Å²) in [6.07, 6.45) is 4.47. The van der Waals surface area contributed by atoms with Crippen LogP contribution in [0.4, 0.5) is 4.79 Å². The van der Waals surface area contributed by atoms with Crippen molar-refractivity contribution in [2.75, 3.05) is 27.3 Å². The Morgan fingerprint density at radius 3 is 2.41 bits per heavy atom. The van der Waals surface area contributed by atoms with Crippen molar-refractivity contribution in [3.05, 3.63) is 29.3 Å². The average Bonchev–Trinajstić information content (AvgIpc) is 2.94. The summed E-state index contributed by atoms with van der Waals surface area (Å²) < 4.78 is 10.8. The van der Waals surface area contributed by atoms with E-state index in [1.807, 2.05) is 19.1 Å². The Balaban J connectivity index is 1.82. The zero-order valence-electron chi connectivity index (χ0n) is 15.6. The van der Waals surface area contributed by atoms with Gasteiger partial charge in [0.25, 0.3) is 11.8 Å². The van der Waals surface area contributed by atoms with Crippen molar-refractivity contribution in [1.29, 1.82) is 0 Å². The molecule has 0 aromatic heterocycles. The maximum absolute atomic E-state index is 13.0. The number of hydrogen-bond acceptors (Lipinski definition) is 5. The summed E-state index contributed by atoms with van der Waals surface area (Å²) >= 11 is 0. The third-order valence-electron chi connectivity index (χ3n) is 5.02. The fraction of sp³-hybridized carbons (Fsp3) is 0.421. The highest BCUT2D eigenvalue weighted by molar-refractivity contribution is 6.07. The SMILES string of the molecule is CC=Cc1cc(C(=O)N2CCC3(CC2)NC(=O)NC3=O)cc(OC)c1OC. The molecule has 0 unspecified atom stereocenters. The quantitative estimate of drug-likeness (QED) is 0.781. The summed E-state index contributed by atoms with van der Waals surface area (Å²) in [6.45, 7) is 2.63. The molecule has 3 rings (SSSR count). The molecule has 0 aliphatic carbocycles. The van der Waals surface area contributed by atoms with E-state index in [9.17, 15) is 14.4 Å². The maximum atomic E-state index is 13.0. The van der Waals surface area contributed by atoms with E-state index < -0.39 is 11.6 Å². The first-order valence-corrected chi connectivity index (χ1v) is 8.75. The van der Waals surface area contributed by atoms with Crippen LogP contribution in [0.2, 0.25) is 0 Å². The van der Waals surface area contributed by atoms with Gasteiger partial charge in [-0.15, -0.1) is 0 Å². The van der Waals surface area contributed by atoms with Gasteiger partial charge in [0, 0.05) is 24.2 Å². The highest BCUT2D eigenvalue weighted by atomic mass is 16.5. The standard InChI is InChI=1S/C19H23N3O5/c1-4-5-12-10-13(11-14(26-2)15(12)27-3)16(23)22-8-6-19(7-9-22)17(24)20-18(25)21-19/h4-5,10-11H,6-9H2,1-3H3,(H2,20,21,24,25). The van der Waals surface area contributed by atoms with Crippen LogP contribution in [0.1, 0.15) is 35.7 Å². The number of carbonyl (C=O) groups excluding carboxylic acids is 3. The largest absolute Gasteiger partial charge is 0.493 e. The van der Waals surface area contributed by atoms with E-state index in [0.717, 1.165) is 5.56 Å². The third-order valence-corrected chi connectivity index (χ3v) is 5.02. The Morgan fingerprint density at radius 2 is 1.89 bits per heavy atom. The van der Waals surface area contributed by atoms with Crippen LogP contribution in [0.15, 0.2) is 18.2 Å². The molecule has 2 fully saturated rings. The molecule has 2 saturated heterocycles. The number of benzene rings is 1. The van der Waals surface area contributed by atoms with Crippen LogP contribution in [0, 0.1) is 0 Å². The summed E-state index contributed by atoms with van der Waals surface area (Å²) in [4.78, 5) is 38.2. The van der Waals surface area contributed by atoms with Gasteiger partial charge in [0.15, 0.2) is 11.5 Å². The van der Waals surface area contributed by atoms with Gasteiger partial charge in [-0.25, -0.2) is 4.79 Å². The first-order chi connectivity index (χ1) is 12.9. The summed E-state index contributed by atoms with van der Waals surface area (Å²) in [6, 6.07) is 2.94. The van der Waals surface area contributed by atoms with Crippen molar-refractivity contribution in [1.82, 2.24) is 15.5 Å². The first kappa shape index (κ1) is 18.8. The number of methoxy groups -OCH3 is 2. The Morgan fingerprint density at radius 1 is 1.19 bits per heavy atom. The molecule has 0 bridgehead atoms. The lowest BCUT2D eigenvalue weighted by Crippen LogP contribution is -2.55. The van der Waals surface area contributed by atoms with E-state index in [1.54, 1.807) is 24.1 Å². The zero-order chi connectivity index (χ0) is 19.6. The van der Waals surface area contributed by atoms with Gasteiger partial charge in [-0.1, -0.05) is 12.2 Å². The molecular weight excluding hydrogens is 350 g/mol. The highest BCUT2D eigenvalue weighted by Crippen LogP contribution is 2.34. The van der Waals surface area contributed by atoms with Crippen LogP contribution < -0.4 is 20.1 Å². The molecule has 2 heterocycles. The Bertz CT molecular complexity index is 810. The second-order valence-electron chi connectivity index (χ2n) is 6.58. The van der Waals surface area contributed by atoms with Crippen molar-refractivity contribution >= 4 is 23.9 Å². The van der Waals surface area contributed by atoms with Gasteiger partial charge in [-0.2, -0.15) is 0 Å². The lowest BCUT2D eigenvalue weighted by Gasteiger charge is -2.37. The van der Waals surface area contributed by atoms with Gasteiger partial charge < -0.3 is 19.7 Å². The highest BCUT2D eigenvalue weighted by Gasteiger charge is 2.48. The number of allylic oxidation sites excluding steroid dienone is 1. The normalized spacial score (nSPS) is 18.6. The molecule has 4 amide bonds. The number of hydrogen-bond donors (Lipinski definition) is 2. The molecule has 1 aromatic rings. The number of amides is 4. The minimum absolute atomic E-state index is 0.152. The van der Waals surface area contributed by atoms with Crippen molar-refractivity contribution < 1.29 is 23.9 Å². The number of urea groups is 1. The second-order valence-corrected chi connectivity index (χ2v) is 6.58. The molecule has 0 saturated carbocycles. The van der Waals surface area contributed by atoms with Gasteiger partial charge in [0.1, 0.15) is 5.54 Å². The summed E-state index contributed by atoms with van der Waals surface area (Å²) in [5.74, 6) is 0.574. The van der Waals surface area contributed by atoms with Gasteiger partial charge in [-0.05, 0) is 31.9 Å². The minimum atomic E-state index is -0.901. The molecule has 1 spiro atoms. The number of carbonyl (C=O) groups is 3. The number of rotatable bonds is 4. The van der Waals surface area contributed by atoms with Gasteiger partial charge in [0.05, 0.1) is 14.2 Å². The molecule has 2 N–H and O–H groups in total. The van der Waals surface area contributed by atoms with Crippen LogP contribution in [0.3, 0.4) is 0 Å². The average molecular weight is 373 g/mol. The summed E-state index contributed by atoms with van der Waals surface area (Å²) in [5, 5.41) is 4.97. The van der Waals surface area contributed by atoms with Crippen LogP contribution in [0.5, 0.6) is 11.5 Å². The fourth-order valence-corrected chi connectivity index (χ4v) is 3.57. The fourth-order valence-electron chi connectivity index (χ4n) is 3.57. The first-order valence-electron chi connectivity index (χ1n) is 8.75. The second kappa shape index (κ2) is 7.30. The third kappa shape index (κ3) is 3.34. The predicted octanol–water partition coefficient (Wildman–Crippen LogP) is 1.55. The van der Waals surface area contributed by atoms with Crippen molar-refractivity contribution in [3.63, 3.8) is 0 Å². The maximum Gasteiger partial charge on any atom is 0.322 e. The minimum Gasteiger partial charge on any atom is -0.493 e. The Kier molecular flexibility index (Phi) is 5.07. The zero-order valence-corrected chi connectivity index (χ0v) is 15.6. The van der Waals surface area contributed by atoms with E-state index in [1.165, 1.54) is 7.11 Å². The lowest BCUT2D eigenvalue weighted by atomic mass is 9.87. The smallest absolute Gasteiger partial charge is 0.322 e. The van der Waals surface area contributed by atoms with Gasteiger partial charge >= 0.3 is 6.03 Å². The molecule has 0 radical (unpaired) electrons. The Hall–Kier alpha value is -3.03. The number of nitrogens with zero attached hydrogens (tertiary/aromatic N) is 1. The van der Waals surface area contributed by atoms with E-state index in [2.05, 4.69) is 10.6 Å².